The third-order valence-electron chi connectivity index (χ3n) is 2.87. The molecule has 0 unspecified atom stereocenters. The van der Waals surface area contributed by atoms with Crippen molar-refractivity contribution in [1.82, 2.24) is 9.88 Å². The average Bonchev–Trinajstić information content (AvgIpc) is 2.42. The van der Waals surface area contributed by atoms with E-state index < -0.39 is 0 Å². The maximum Gasteiger partial charge on any atom is 0.144 e. The van der Waals surface area contributed by atoms with Gasteiger partial charge in [0.15, 0.2) is 0 Å². The Labute approximate surface area is 113 Å². The Kier molecular flexibility index (Phi) is 4.11. The molecule has 2 aromatic rings. The molecule has 4 nitrogen and oxygen atoms in total. The van der Waals surface area contributed by atoms with Crippen LogP contribution in [0.5, 0.6) is 0 Å². The van der Waals surface area contributed by atoms with E-state index in [2.05, 4.69) is 16.0 Å². The molecule has 2 rings (SSSR count). The zero-order chi connectivity index (χ0) is 13.7. The first-order chi connectivity index (χ1) is 9.19. The molecule has 4 heteroatoms. The van der Waals surface area contributed by atoms with Gasteiger partial charge in [-0.05, 0) is 30.8 Å². The second-order valence-corrected chi connectivity index (χ2v) is 4.54. The van der Waals surface area contributed by atoms with Crippen molar-refractivity contribution in [3.05, 3.63) is 59.4 Å². The second kappa shape index (κ2) is 5.98. The summed E-state index contributed by atoms with van der Waals surface area (Å²) in [4.78, 5) is 6.21. The molecular formula is C15H16N4. The minimum atomic E-state index is 0.492. The van der Waals surface area contributed by atoms with E-state index in [1.54, 1.807) is 6.20 Å². The molecule has 0 amide bonds. The summed E-state index contributed by atoms with van der Waals surface area (Å²) >= 11 is 0. The Balaban J connectivity index is 2.03. The average molecular weight is 252 g/mol. The van der Waals surface area contributed by atoms with Crippen molar-refractivity contribution in [3.8, 4) is 6.07 Å². The number of nitrogen functional groups attached to an aromatic ring is 1. The van der Waals surface area contributed by atoms with Gasteiger partial charge >= 0.3 is 0 Å². The number of hydrogen-bond acceptors (Lipinski definition) is 4. The fraction of sp³-hybridized carbons (Fsp3) is 0.200. The topological polar surface area (TPSA) is 65.9 Å². The standard InChI is InChI=1S/C15H16N4/c1-19(10-12-4-6-14(17)7-5-12)11-13-3-2-8-18-15(13)9-16/h2-8H,10-11,17H2,1H3. The highest BCUT2D eigenvalue weighted by Gasteiger charge is 2.06. The predicted octanol–water partition coefficient (Wildman–Crippen LogP) is 2.17. The summed E-state index contributed by atoms with van der Waals surface area (Å²) in [6.07, 6.45) is 1.64. The molecular weight excluding hydrogens is 236 g/mol. The van der Waals surface area contributed by atoms with Crippen LogP contribution in [-0.2, 0) is 13.1 Å². The zero-order valence-electron chi connectivity index (χ0n) is 10.9. The maximum absolute atomic E-state index is 9.01. The van der Waals surface area contributed by atoms with Crippen LogP contribution in [0, 0.1) is 11.3 Å². The van der Waals surface area contributed by atoms with Crippen molar-refractivity contribution in [2.75, 3.05) is 12.8 Å². The summed E-state index contributed by atoms with van der Waals surface area (Å²) in [7, 11) is 2.02. The summed E-state index contributed by atoms with van der Waals surface area (Å²) in [5.41, 5.74) is 9.06. The molecule has 0 atom stereocenters. The third kappa shape index (κ3) is 3.54. The van der Waals surface area contributed by atoms with Crippen LogP contribution in [0.15, 0.2) is 42.6 Å². The summed E-state index contributed by atoms with van der Waals surface area (Å²) in [6, 6.07) is 13.7. The van der Waals surface area contributed by atoms with E-state index in [0.29, 0.717) is 12.2 Å². The van der Waals surface area contributed by atoms with Crippen LogP contribution in [0.25, 0.3) is 0 Å². The van der Waals surface area contributed by atoms with Crippen LogP contribution in [-0.4, -0.2) is 16.9 Å². The van der Waals surface area contributed by atoms with Gasteiger partial charge in [-0.1, -0.05) is 18.2 Å². The molecule has 19 heavy (non-hydrogen) atoms. The van der Waals surface area contributed by atoms with E-state index in [-0.39, 0.29) is 0 Å². The Morgan fingerprint density at radius 1 is 1.21 bits per heavy atom. The van der Waals surface area contributed by atoms with Crippen molar-refractivity contribution in [2.45, 2.75) is 13.1 Å². The van der Waals surface area contributed by atoms with Crippen molar-refractivity contribution in [3.63, 3.8) is 0 Å². The van der Waals surface area contributed by atoms with Gasteiger partial charge in [0, 0.05) is 30.5 Å². The van der Waals surface area contributed by atoms with Gasteiger partial charge in [0.1, 0.15) is 11.8 Å². The number of nitriles is 1. The molecule has 0 bridgehead atoms. The fourth-order valence-electron chi connectivity index (χ4n) is 1.95. The summed E-state index contributed by atoms with van der Waals surface area (Å²) in [6.45, 7) is 1.50. The van der Waals surface area contributed by atoms with E-state index in [0.717, 1.165) is 17.8 Å². The molecule has 1 aromatic heterocycles. The number of pyridine rings is 1. The van der Waals surface area contributed by atoms with E-state index in [9.17, 15) is 0 Å². The first-order valence-corrected chi connectivity index (χ1v) is 6.06. The first kappa shape index (κ1) is 13.1. The van der Waals surface area contributed by atoms with Crippen molar-refractivity contribution >= 4 is 5.69 Å². The van der Waals surface area contributed by atoms with Gasteiger partial charge in [0.2, 0.25) is 0 Å². The minimum absolute atomic E-state index is 0.492. The molecule has 0 saturated carbocycles. The minimum Gasteiger partial charge on any atom is -0.399 e. The Morgan fingerprint density at radius 3 is 2.63 bits per heavy atom. The quantitative estimate of drug-likeness (QED) is 0.847. The molecule has 1 aromatic carbocycles. The Hall–Kier alpha value is -2.38. The van der Waals surface area contributed by atoms with Crippen LogP contribution in [0.2, 0.25) is 0 Å². The lowest BCUT2D eigenvalue weighted by atomic mass is 10.1. The van der Waals surface area contributed by atoms with Crippen LogP contribution >= 0.6 is 0 Å². The molecule has 0 fully saturated rings. The highest BCUT2D eigenvalue weighted by molar-refractivity contribution is 5.39. The van der Waals surface area contributed by atoms with Crippen molar-refractivity contribution in [1.29, 1.82) is 5.26 Å². The van der Waals surface area contributed by atoms with E-state index in [1.807, 2.05) is 43.4 Å². The van der Waals surface area contributed by atoms with Crippen LogP contribution in [0.4, 0.5) is 5.69 Å². The highest BCUT2D eigenvalue weighted by Crippen LogP contribution is 2.11. The number of aromatic nitrogens is 1. The summed E-state index contributed by atoms with van der Waals surface area (Å²) < 4.78 is 0. The Bertz CT molecular complexity index is 584. The Morgan fingerprint density at radius 2 is 1.95 bits per heavy atom. The van der Waals surface area contributed by atoms with Gasteiger partial charge < -0.3 is 5.73 Å². The number of rotatable bonds is 4. The number of hydrogen-bond donors (Lipinski definition) is 1. The van der Waals surface area contributed by atoms with Crippen molar-refractivity contribution < 1.29 is 0 Å². The lowest BCUT2D eigenvalue weighted by Crippen LogP contribution is -2.18. The van der Waals surface area contributed by atoms with Gasteiger partial charge in [0.05, 0.1) is 0 Å². The number of anilines is 1. The van der Waals surface area contributed by atoms with Crippen LogP contribution < -0.4 is 5.73 Å². The fourth-order valence-corrected chi connectivity index (χ4v) is 1.95. The summed E-state index contributed by atoms with van der Waals surface area (Å²) in [5, 5.41) is 9.01. The predicted molar refractivity (Wildman–Crippen MR) is 75.0 cm³/mol. The smallest absolute Gasteiger partial charge is 0.144 e. The molecule has 1 heterocycles. The lowest BCUT2D eigenvalue weighted by molar-refractivity contribution is 0.318. The number of nitrogens with zero attached hydrogens (tertiary/aromatic N) is 3. The molecule has 0 saturated heterocycles. The first-order valence-electron chi connectivity index (χ1n) is 6.06. The number of nitrogens with two attached hydrogens (primary N) is 1. The zero-order valence-corrected chi connectivity index (χ0v) is 10.9. The normalized spacial score (nSPS) is 10.4. The SMILES string of the molecule is CN(Cc1ccc(N)cc1)Cc1cccnc1C#N. The molecule has 0 aliphatic rings. The van der Waals surface area contributed by atoms with Crippen LogP contribution in [0.1, 0.15) is 16.8 Å². The largest absolute Gasteiger partial charge is 0.399 e. The maximum atomic E-state index is 9.01. The summed E-state index contributed by atoms with van der Waals surface area (Å²) in [5.74, 6) is 0. The molecule has 96 valence electrons. The monoisotopic (exact) mass is 252 g/mol. The van der Waals surface area contributed by atoms with E-state index in [1.165, 1.54) is 5.56 Å². The molecule has 0 radical (unpaired) electrons. The third-order valence-corrected chi connectivity index (χ3v) is 2.87. The highest BCUT2D eigenvalue weighted by atomic mass is 15.1. The van der Waals surface area contributed by atoms with E-state index >= 15 is 0 Å². The lowest BCUT2D eigenvalue weighted by Gasteiger charge is -2.17. The van der Waals surface area contributed by atoms with Gasteiger partial charge in [-0.2, -0.15) is 5.26 Å². The molecule has 0 spiro atoms. The van der Waals surface area contributed by atoms with E-state index in [4.69, 9.17) is 11.0 Å². The second-order valence-electron chi connectivity index (χ2n) is 4.54. The molecule has 2 N–H and O–H groups in total. The van der Waals surface area contributed by atoms with Gasteiger partial charge in [-0.3, -0.25) is 4.90 Å². The van der Waals surface area contributed by atoms with Gasteiger partial charge in [0.25, 0.3) is 0 Å². The van der Waals surface area contributed by atoms with Gasteiger partial charge in [-0.25, -0.2) is 4.98 Å². The van der Waals surface area contributed by atoms with Gasteiger partial charge in [-0.15, -0.1) is 0 Å². The van der Waals surface area contributed by atoms with Crippen LogP contribution in [0.3, 0.4) is 0 Å². The molecule has 0 aliphatic heterocycles. The number of benzene rings is 1. The van der Waals surface area contributed by atoms with Crippen molar-refractivity contribution in [2.24, 2.45) is 0 Å². The molecule has 0 aliphatic carbocycles.